The highest BCUT2D eigenvalue weighted by Crippen LogP contribution is 2.36. The lowest BCUT2D eigenvalue weighted by atomic mass is 9.79. The molecule has 4 rings (SSSR count). The summed E-state index contributed by atoms with van der Waals surface area (Å²) in [5, 5.41) is 10.0. The van der Waals surface area contributed by atoms with E-state index >= 15 is 4.39 Å². The molecule has 0 aliphatic carbocycles. The lowest BCUT2D eigenvalue weighted by molar-refractivity contribution is -0.137. The Kier molecular flexibility index (Phi) is 8.85. The van der Waals surface area contributed by atoms with Gasteiger partial charge in [-0.25, -0.2) is 4.39 Å². The molecule has 1 aromatic carbocycles. The summed E-state index contributed by atoms with van der Waals surface area (Å²) in [5.41, 5.74) is 2.25. The number of carboxylic acid groups (broad SMARTS) is 1. The number of methoxy groups -OCH3 is 1. The number of piperidine rings is 1. The first-order chi connectivity index (χ1) is 17.5. The molecule has 1 N–H and O–H groups in total. The molecule has 3 aromatic rings. The first kappa shape index (κ1) is 25.6. The number of likely N-dealkylation sites (tertiary alicyclic amines) is 1. The summed E-state index contributed by atoms with van der Waals surface area (Å²) < 4.78 is 20.8. The number of rotatable bonds is 9. The lowest BCUT2D eigenvalue weighted by Gasteiger charge is -2.38. The number of pyridine rings is 2. The molecule has 1 aliphatic rings. The van der Waals surface area contributed by atoms with Crippen LogP contribution in [0, 0.1) is 23.7 Å². The van der Waals surface area contributed by atoms with Gasteiger partial charge in [-0.05, 0) is 86.0 Å². The fourth-order valence-electron chi connectivity index (χ4n) is 5.07. The maximum atomic E-state index is 15.5. The van der Waals surface area contributed by atoms with Crippen molar-refractivity contribution < 1.29 is 19.0 Å². The zero-order valence-corrected chi connectivity index (χ0v) is 20.6. The molecule has 36 heavy (non-hydrogen) atoms. The zero-order valence-electron chi connectivity index (χ0n) is 20.6. The highest BCUT2D eigenvalue weighted by molar-refractivity contribution is 5.83. The Bertz CT molecular complexity index is 1220. The minimum absolute atomic E-state index is 0.129. The lowest BCUT2D eigenvalue weighted by Crippen LogP contribution is -2.41. The van der Waals surface area contributed by atoms with Gasteiger partial charge in [0, 0.05) is 42.5 Å². The third-order valence-electron chi connectivity index (χ3n) is 7.01. The number of alkyl halides is 1. The van der Waals surface area contributed by atoms with Gasteiger partial charge in [0.15, 0.2) is 0 Å². The van der Waals surface area contributed by atoms with Crippen LogP contribution in [-0.4, -0.2) is 52.7 Å². The van der Waals surface area contributed by atoms with E-state index in [2.05, 4.69) is 26.7 Å². The quantitative estimate of drug-likeness (QED) is 0.412. The number of carboxylic acids is 1. The minimum atomic E-state index is -1.12. The van der Waals surface area contributed by atoms with Crippen LogP contribution in [0.1, 0.15) is 49.4 Å². The normalized spacial score (nSPS) is 18.8. The van der Waals surface area contributed by atoms with Crippen molar-refractivity contribution in [3.05, 3.63) is 66.1 Å². The summed E-state index contributed by atoms with van der Waals surface area (Å²) in [4.78, 5) is 22.0. The second-order valence-corrected chi connectivity index (χ2v) is 9.35. The molecule has 7 heteroatoms. The van der Waals surface area contributed by atoms with Crippen molar-refractivity contribution in [1.29, 1.82) is 0 Å². The van der Waals surface area contributed by atoms with Crippen molar-refractivity contribution in [2.75, 3.05) is 26.7 Å². The molecule has 188 valence electrons. The van der Waals surface area contributed by atoms with Crippen LogP contribution in [0.3, 0.4) is 0 Å². The second kappa shape index (κ2) is 12.5. The number of aromatic nitrogens is 2. The van der Waals surface area contributed by atoms with Crippen molar-refractivity contribution >= 4 is 16.9 Å². The molecule has 0 radical (unpaired) electrons. The highest BCUT2D eigenvalue weighted by atomic mass is 19.1. The van der Waals surface area contributed by atoms with Crippen LogP contribution in [-0.2, 0) is 4.79 Å². The van der Waals surface area contributed by atoms with Gasteiger partial charge in [0.05, 0.1) is 19.2 Å². The van der Waals surface area contributed by atoms with Crippen LogP contribution in [0.15, 0.2) is 55.0 Å². The molecule has 6 nitrogen and oxygen atoms in total. The van der Waals surface area contributed by atoms with Crippen LogP contribution in [0.25, 0.3) is 10.9 Å². The summed E-state index contributed by atoms with van der Waals surface area (Å²) >= 11 is 0. The predicted octanol–water partition coefficient (Wildman–Crippen LogP) is 5.28. The number of carbonyl (C=O) groups is 1. The Hall–Kier alpha value is -3.50. The van der Waals surface area contributed by atoms with Crippen molar-refractivity contribution in [1.82, 2.24) is 14.9 Å². The third kappa shape index (κ3) is 6.79. The molecule has 0 spiro atoms. The van der Waals surface area contributed by atoms with Crippen LogP contribution < -0.4 is 4.74 Å². The molecule has 3 heterocycles. The number of nitrogens with zero attached hydrogens (tertiary/aromatic N) is 3. The van der Waals surface area contributed by atoms with E-state index in [9.17, 15) is 9.90 Å². The zero-order chi connectivity index (χ0) is 25.3. The van der Waals surface area contributed by atoms with Crippen molar-refractivity contribution in [3.8, 4) is 17.6 Å². The van der Waals surface area contributed by atoms with Gasteiger partial charge in [0.2, 0.25) is 0 Å². The standard InChI is InChI=1S/C29H32FN3O3/c1-36-24-8-10-28-26(18-24)25(12-15-32-28)27(30)9-6-22-13-17-33(20-23(22)7-11-29(34)35)16-3-5-21-4-2-14-31-19-21/h2,4,8,10,12,14-15,18-19,22-23,27H,6-7,9,11,13,16-17,20H2,1H3,(H,34,35)/t22-,23-,27-/m1/s1. The van der Waals surface area contributed by atoms with Crippen molar-refractivity contribution in [3.63, 3.8) is 0 Å². The third-order valence-corrected chi connectivity index (χ3v) is 7.01. The molecule has 1 saturated heterocycles. The number of hydrogen-bond donors (Lipinski definition) is 1. The van der Waals surface area contributed by atoms with Gasteiger partial charge in [-0.2, -0.15) is 0 Å². The van der Waals surface area contributed by atoms with Crippen LogP contribution in [0.5, 0.6) is 5.75 Å². The molecule has 1 fully saturated rings. The van der Waals surface area contributed by atoms with Gasteiger partial charge < -0.3 is 9.84 Å². The van der Waals surface area contributed by atoms with Gasteiger partial charge in [0.25, 0.3) is 0 Å². The number of hydrogen-bond acceptors (Lipinski definition) is 5. The maximum absolute atomic E-state index is 15.5. The predicted molar refractivity (Wildman–Crippen MR) is 137 cm³/mol. The maximum Gasteiger partial charge on any atom is 0.303 e. The second-order valence-electron chi connectivity index (χ2n) is 9.35. The van der Waals surface area contributed by atoms with Crippen LogP contribution in [0.2, 0.25) is 0 Å². The fourth-order valence-corrected chi connectivity index (χ4v) is 5.07. The summed E-state index contributed by atoms with van der Waals surface area (Å²) in [5.74, 6) is 6.73. The number of aliphatic carboxylic acids is 1. The Balaban J connectivity index is 1.39. The number of benzene rings is 1. The molecular formula is C29H32FN3O3. The topological polar surface area (TPSA) is 75.5 Å². The number of ether oxygens (including phenoxy) is 1. The average Bonchev–Trinajstić information content (AvgIpc) is 2.91. The van der Waals surface area contributed by atoms with Crippen LogP contribution >= 0.6 is 0 Å². The summed E-state index contributed by atoms with van der Waals surface area (Å²) in [6.07, 6.45) is 6.74. The van der Waals surface area contributed by atoms with E-state index in [1.165, 1.54) is 0 Å². The average molecular weight is 490 g/mol. The van der Waals surface area contributed by atoms with Gasteiger partial charge in [-0.15, -0.1) is 0 Å². The van der Waals surface area contributed by atoms with Gasteiger partial charge in [0.1, 0.15) is 11.9 Å². The molecule has 1 aliphatic heterocycles. The Morgan fingerprint density at radius 1 is 1.25 bits per heavy atom. The summed E-state index contributed by atoms with van der Waals surface area (Å²) in [7, 11) is 1.60. The Morgan fingerprint density at radius 2 is 2.14 bits per heavy atom. The van der Waals surface area contributed by atoms with Gasteiger partial charge in [-0.3, -0.25) is 19.7 Å². The molecule has 0 amide bonds. The van der Waals surface area contributed by atoms with E-state index in [1.54, 1.807) is 31.8 Å². The molecule has 3 atom stereocenters. The number of halogens is 1. The SMILES string of the molecule is COc1ccc2nccc([C@H](F)CC[C@@H]3CCN(CC#Cc4cccnc4)C[C@H]3CCC(=O)O)c2c1. The van der Waals surface area contributed by atoms with Crippen LogP contribution in [0.4, 0.5) is 4.39 Å². The van der Waals surface area contributed by atoms with Crippen molar-refractivity contribution in [2.24, 2.45) is 11.8 Å². The van der Waals surface area contributed by atoms with E-state index < -0.39 is 12.1 Å². The molecule has 0 unspecified atom stereocenters. The first-order valence-corrected chi connectivity index (χ1v) is 12.4. The van der Waals surface area contributed by atoms with E-state index in [0.29, 0.717) is 37.1 Å². The highest BCUT2D eigenvalue weighted by Gasteiger charge is 2.30. The van der Waals surface area contributed by atoms with E-state index in [1.807, 2.05) is 30.3 Å². The molecule has 0 saturated carbocycles. The van der Waals surface area contributed by atoms with E-state index in [-0.39, 0.29) is 18.3 Å². The van der Waals surface area contributed by atoms with Crippen molar-refractivity contribution in [2.45, 2.75) is 38.3 Å². The Morgan fingerprint density at radius 3 is 2.92 bits per heavy atom. The fraction of sp³-hybridized carbons (Fsp3) is 0.414. The largest absolute Gasteiger partial charge is 0.497 e. The smallest absolute Gasteiger partial charge is 0.303 e. The van der Waals surface area contributed by atoms with Gasteiger partial charge >= 0.3 is 5.97 Å². The first-order valence-electron chi connectivity index (χ1n) is 12.4. The van der Waals surface area contributed by atoms with Gasteiger partial charge in [-0.1, -0.05) is 11.8 Å². The monoisotopic (exact) mass is 489 g/mol. The minimum Gasteiger partial charge on any atom is -0.497 e. The summed E-state index contributed by atoms with van der Waals surface area (Å²) in [6.45, 7) is 2.29. The van der Waals surface area contributed by atoms with E-state index in [4.69, 9.17) is 4.74 Å². The molecule has 2 aromatic heterocycles. The molecule has 0 bridgehead atoms. The van der Waals surface area contributed by atoms with E-state index in [0.717, 1.165) is 36.0 Å². The Labute approximate surface area is 211 Å². The number of fused-ring (bicyclic) bond motifs is 1. The summed E-state index contributed by atoms with van der Waals surface area (Å²) in [6, 6.07) is 11.1. The molecular weight excluding hydrogens is 457 g/mol.